The minimum Gasteiger partial charge on any atom is -0.293 e. The quantitative estimate of drug-likeness (QED) is 0.806. The Morgan fingerprint density at radius 1 is 1.20 bits per heavy atom. The molecule has 4 nitrogen and oxygen atoms in total. The summed E-state index contributed by atoms with van der Waals surface area (Å²) in [5.74, 6) is 1.87. The number of carbonyl (C=O) groups is 1. The summed E-state index contributed by atoms with van der Waals surface area (Å²) in [6.07, 6.45) is 6.25. The maximum absolute atomic E-state index is 13.1. The minimum absolute atomic E-state index is 0.104. The Kier molecular flexibility index (Phi) is 5.26. The van der Waals surface area contributed by atoms with Gasteiger partial charge in [0.25, 0.3) is 0 Å². The van der Waals surface area contributed by atoms with Crippen LogP contribution in [0.2, 0.25) is 0 Å². The Bertz CT molecular complexity index is 726. The van der Waals surface area contributed by atoms with Gasteiger partial charge in [-0.05, 0) is 70.1 Å². The van der Waals surface area contributed by atoms with E-state index in [9.17, 15) is 4.79 Å². The second kappa shape index (κ2) is 7.42. The van der Waals surface area contributed by atoms with Gasteiger partial charge in [0.2, 0.25) is 5.91 Å². The van der Waals surface area contributed by atoms with E-state index in [1.54, 1.807) is 0 Å². The molecule has 0 radical (unpaired) electrons. The van der Waals surface area contributed by atoms with Gasteiger partial charge in [-0.15, -0.1) is 5.10 Å². The van der Waals surface area contributed by atoms with Crippen molar-refractivity contribution in [1.82, 2.24) is 9.78 Å². The van der Waals surface area contributed by atoms with Gasteiger partial charge in [-0.1, -0.05) is 19.1 Å². The molecule has 1 amide bonds. The molecule has 1 saturated carbocycles. The smallest absolute Gasteiger partial charge is 0.231 e. The van der Waals surface area contributed by atoms with Crippen molar-refractivity contribution in [3.05, 3.63) is 42.1 Å². The van der Waals surface area contributed by atoms with E-state index in [2.05, 4.69) is 39.8 Å². The summed E-state index contributed by atoms with van der Waals surface area (Å²) in [6, 6.07) is 10.3. The molecule has 1 aromatic carbocycles. The summed E-state index contributed by atoms with van der Waals surface area (Å²) in [5, 5.41) is 4.70. The zero-order chi connectivity index (χ0) is 18.0. The Morgan fingerprint density at radius 2 is 1.92 bits per heavy atom. The molecule has 0 bridgehead atoms. The fourth-order valence-electron chi connectivity index (χ4n) is 3.69. The zero-order valence-corrected chi connectivity index (χ0v) is 15.8. The molecule has 1 heterocycles. The topological polar surface area (TPSA) is 38.1 Å². The summed E-state index contributed by atoms with van der Waals surface area (Å²) in [4.78, 5) is 15.0. The molecule has 2 aromatic rings. The van der Waals surface area contributed by atoms with E-state index in [0.29, 0.717) is 0 Å². The number of hydrogen-bond acceptors (Lipinski definition) is 2. The van der Waals surface area contributed by atoms with Gasteiger partial charge in [-0.3, -0.25) is 9.69 Å². The predicted octanol–water partition coefficient (Wildman–Crippen LogP) is 4.75. The molecule has 0 N–H and O–H groups in total. The average Bonchev–Trinajstić information content (AvgIpc) is 3.05. The summed E-state index contributed by atoms with van der Waals surface area (Å²) in [6.45, 7) is 8.48. The molecule has 1 fully saturated rings. The molecule has 0 unspecified atom stereocenters. The van der Waals surface area contributed by atoms with Crippen LogP contribution in [0.25, 0.3) is 5.69 Å². The van der Waals surface area contributed by atoms with Crippen LogP contribution in [0.15, 0.2) is 36.5 Å². The summed E-state index contributed by atoms with van der Waals surface area (Å²) in [7, 11) is 0. The van der Waals surface area contributed by atoms with Gasteiger partial charge in [-0.25, -0.2) is 4.68 Å². The number of hydrogen-bond donors (Lipinski definition) is 0. The molecule has 0 saturated heterocycles. The first-order chi connectivity index (χ1) is 12.0. The second-order valence-electron chi connectivity index (χ2n) is 7.72. The van der Waals surface area contributed by atoms with E-state index in [-0.39, 0.29) is 17.9 Å². The third-order valence-corrected chi connectivity index (χ3v) is 5.21. The summed E-state index contributed by atoms with van der Waals surface area (Å²) >= 11 is 0. The highest BCUT2D eigenvalue weighted by Crippen LogP contribution is 2.31. The van der Waals surface area contributed by atoms with Gasteiger partial charge in [0.05, 0.1) is 5.69 Å². The fraction of sp³-hybridized carbons (Fsp3) is 0.524. The van der Waals surface area contributed by atoms with Crippen molar-refractivity contribution in [3.8, 4) is 5.69 Å². The number of aromatic nitrogens is 2. The summed E-state index contributed by atoms with van der Waals surface area (Å²) < 4.78 is 1.86. The standard InChI is InChI=1S/C21H29N3O/c1-15(2)24(21(25)18-10-8-16(3)9-11-18)20-12-13-23(22-20)19-7-5-6-17(4)14-19/h5-7,12-16,18H,8-11H2,1-4H3. The van der Waals surface area contributed by atoms with Gasteiger partial charge in [0.15, 0.2) is 5.82 Å². The SMILES string of the molecule is Cc1cccc(-n2ccc(N(C(=O)C3CCC(C)CC3)C(C)C)n2)c1. The number of rotatable bonds is 4. The van der Waals surface area contributed by atoms with Crippen LogP contribution >= 0.6 is 0 Å². The third-order valence-electron chi connectivity index (χ3n) is 5.21. The fourth-order valence-corrected chi connectivity index (χ4v) is 3.69. The molecule has 25 heavy (non-hydrogen) atoms. The number of nitrogens with zero attached hydrogens (tertiary/aromatic N) is 3. The molecular weight excluding hydrogens is 310 g/mol. The van der Waals surface area contributed by atoms with Crippen LogP contribution < -0.4 is 4.90 Å². The van der Waals surface area contributed by atoms with Crippen molar-refractivity contribution in [1.29, 1.82) is 0 Å². The highest BCUT2D eigenvalue weighted by atomic mass is 16.2. The van der Waals surface area contributed by atoms with E-state index in [1.165, 1.54) is 5.56 Å². The first-order valence-electron chi connectivity index (χ1n) is 9.41. The van der Waals surface area contributed by atoms with Crippen molar-refractivity contribution >= 4 is 11.7 Å². The molecule has 0 aliphatic heterocycles. The van der Waals surface area contributed by atoms with Gasteiger partial charge in [0, 0.05) is 24.2 Å². The lowest BCUT2D eigenvalue weighted by atomic mass is 9.82. The highest BCUT2D eigenvalue weighted by molar-refractivity contribution is 5.94. The lowest BCUT2D eigenvalue weighted by Crippen LogP contribution is -2.42. The molecule has 0 atom stereocenters. The lowest BCUT2D eigenvalue weighted by molar-refractivity contribution is -0.123. The molecule has 134 valence electrons. The van der Waals surface area contributed by atoms with E-state index >= 15 is 0 Å². The zero-order valence-electron chi connectivity index (χ0n) is 15.8. The average molecular weight is 339 g/mol. The first kappa shape index (κ1) is 17.7. The predicted molar refractivity (Wildman–Crippen MR) is 102 cm³/mol. The Morgan fingerprint density at radius 3 is 2.56 bits per heavy atom. The van der Waals surface area contributed by atoms with Crippen molar-refractivity contribution in [3.63, 3.8) is 0 Å². The Labute approximate surface area is 150 Å². The van der Waals surface area contributed by atoms with Gasteiger partial charge in [-0.2, -0.15) is 0 Å². The monoisotopic (exact) mass is 339 g/mol. The Hall–Kier alpha value is -2.10. The first-order valence-corrected chi connectivity index (χ1v) is 9.41. The van der Waals surface area contributed by atoms with E-state index in [1.807, 2.05) is 34.0 Å². The van der Waals surface area contributed by atoms with Crippen molar-refractivity contribution in [2.24, 2.45) is 11.8 Å². The van der Waals surface area contributed by atoms with E-state index in [4.69, 9.17) is 5.10 Å². The van der Waals surface area contributed by atoms with Crippen LogP contribution in [0.1, 0.15) is 52.0 Å². The molecule has 1 aliphatic rings. The normalized spacial score (nSPS) is 20.7. The molecule has 0 spiro atoms. The molecule has 4 heteroatoms. The van der Waals surface area contributed by atoms with Crippen LogP contribution in [-0.2, 0) is 4.79 Å². The van der Waals surface area contributed by atoms with Crippen LogP contribution in [0.3, 0.4) is 0 Å². The maximum Gasteiger partial charge on any atom is 0.231 e. The Balaban J connectivity index is 1.83. The maximum atomic E-state index is 13.1. The molecule has 3 rings (SSSR count). The second-order valence-corrected chi connectivity index (χ2v) is 7.72. The minimum atomic E-state index is 0.104. The van der Waals surface area contributed by atoms with E-state index < -0.39 is 0 Å². The van der Waals surface area contributed by atoms with Gasteiger partial charge < -0.3 is 0 Å². The van der Waals surface area contributed by atoms with Crippen LogP contribution in [0, 0.1) is 18.8 Å². The van der Waals surface area contributed by atoms with Crippen molar-refractivity contribution in [2.45, 2.75) is 59.4 Å². The summed E-state index contributed by atoms with van der Waals surface area (Å²) in [5.41, 5.74) is 2.22. The molecular formula is C21H29N3O. The molecule has 1 aromatic heterocycles. The van der Waals surface area contributed by atoms with Crippen molar-refractivity contribution < 1.29 is 4.79 Å². The number of aryl methyl sites for hydroxylation is 1. The lowest BCUT2D eigenvalue weighted by Gasteiger charge is -2.32. The number of anilines is 1. The largest absolute Gasteiger partial charge is 0.293 e. The van der Waals surface area contributed by atoms with Gasteiger partial charge in [0.1, 0.15) is 0 Å². The molecule has 1 aliphatic carbocycles. The van der Waals surface area contributed by atoms with E-state index in [0.717, 1.165) is 43.1 Å². The number of carbonyl (C=O) groups excluding carboxylic acids is 1. The number of benzene rings is 1. The van der Waals surface area contributed by atoms with Crippen molar-refractivity contribution in [2.75, 3.05) is 4.90 Å². The highest BCUT2D eigenvalue weighted by Gasteiger charge is 2.31. The third kappa shape index (κ3) is 3.94. The van der Waals surface area contributed by atoms with Crippen LogP contribution in [0.5, 0.6) is 0 Å². The van der Waals surface area contributed by atoms with Crippen LogP contribution in [0.4, 0.5) is 5.82 Å². The van der Waals surface area contributed by atoms with Gasteiger partial charge >= 0.3 is 0 Å². The number of amides is 1. The van der Waals surface area contributed by atoms with Crippen LogP contribution in [-0.4, -0.2) is 21.7 Å².